The van der Waals surface area contributed by atoms with Crippen LogP contribution in [-0.4, -0.2) is 55.1 Å². The van der Waals surface area contributed by atoms with Crippen LogP contribution in [0.3, 0.4) is 0 Å². The van der Waals surface area contributed by atoms with Crippen LogP contribution in [0.25, 0.3) is 0 Å². The van der Waals surface area contributed by atoms with Crippen LogP contribution in [0.5, 0.6) is 0 Å². The summed E-state index contributed by atoms with van der Waals surface area (Å²) in [7, 11) is 4.13. The van der Waals surface area contributed by atoms with Gasteiger partial charge in [-0.2, -0.15) is 0 Å². The Morgan fingerprint density at radius 3 is 2.35 bits per heavy atom. The number of para-hydroxylation sites is 1. The average molecular weight is 271 g/mol. The van der Waals surface area contributed by atoms with Crippen molar-refractivity contribution < 1.29 is 4.79 Å². The predicted octanol–water partition coefficient (Wildman–Crippen LogP) is 1.58. The SMILES string of the molecule is CN1CCC2(CC1)C(=C=O)N(C)CN2c1ccccc1. The third-order valence-corrected chi connectivity index (χ3v) is 4.67. The van der Waals surface area contributed by atoms with E-state index in [4.69, 9.17) is 0 Å². The lowest BCUT2D eigenvalue weighted by Crippen LogP contribution is -2.52. The third kappa shape index (κ3) is 1.92. The molecule has 1 aromatic rings. The highest BCUT2D eigenvalue weighted by atomic mass is 16.1. The zero-order valence-corrected chi connectivity index (χ0v) is 12.2. The highest BCUT2D eigenvalue weighted by Gasteiger charge is 2.50. The summed E-state index contributed by atoms with van der Waals surface area (Å²) in [5.74, 6) is 2.22. The number of hydrogen-bond donors (Lipinski definition) is 0. The van der Waals surface area contributed by atoms with E-state index in [0.29, 0.717) is 0 Å². The fourth-order valence-corrected chi connectivity index (χ4v) is 3.51. The van der Waals surface area contributed by atoms with Crippen molar-refractivity contribution in [3.05, 3.63) is 36.0 Å². The Morgan fingerprint density at radius 2 is 1.75 bits per heavy atom. The fourth-order valence-electron chi connectivity index (χ4n) is 3.51. The standard InChI is InChI=1S/C16H21N3O/c1-17-10-8-16(9-11-17)15(12-20)18(2)13-19(16)14-6-4-3-5-7-14/h3-7H,8-11,13H2,1-2H3. The van der Waals surface area contributed by atoms with Crippen LogP contribution in [0, 0.1) is 0 Å². The molecule has 1 spiro atoms. The molecule has 4 nitrogen and oxygen atoms in total. The number of benzene rings is 1. The van der Waals surface area contributed by atoms with Gasteiger partial charge in [-0.1, -0.05) is 18.2 Å². The summed E-state index contributed by atoms with van der Waals surface area (Å²) in [4.78, 5) is 18.3. The molecule has 0 saturated carbocycles. The predicted molar refractivity (Wildman–Crippen MR) is 80.2 cm³/mol. The minimum atomic E-state index is -0.176. The molecule has 0 unspecified atom stereocenters. The van der Waals surface area contributed by atoms with Gasteiger partial charge in [-0.05, 0) is 32.0 Å². The molecule has 0 aromatic heterocycles. The van der Waals surface area contributed by atoms with Gasteiger partial charge in [-0.3, -0.25) is 0 Å². The van der Waals surface area contributed by atoms with Gasteiger partial charge in [0, 0.05) is 25.8 Å². The number of likely N-dealkylation sites (tertiary alicyclic amines) is 1. The number of nitrogens with zero attached hydrogens (tertiary/aromatic N) is 3. The largest absolute Gasteiger partial charge is 0.349 e. The van der Waals surface area contributed by atoms with Crippen molar-refractivity contribution >= 4 is 11.6 Å². The molecule has 0 atom stereocenters. The maximum atomic E-state index is 11.5. The molecular formula is C16H21N3O. The number of anilines is 1. The first-order chi connectivity index (χ1) is 9.67. The smallest absolute Gasteiger partial charge is 0.148 e. The number of piperidine rings is 1. The molecule has 2 aliphatic rings. The molecule has 2 aliphatic heterocycles. The summed E-state index contributed by atoms with van der Waals surface area (Å²) in [6, 6.07) is 10.4. The van der Waals surface area contributed by atoms with Gasteiger partial charge in [-0.15, -0.1) is 0 Å². The molecule has 3 rings (SSSR count). The molecule has 2 heterocycles. The molecular weight excluding hydrogens is 250 g/mol. The van der Waals surface area contributed by atoms with Crippen molar-refractivity contribution in [2.24, 2.45) is 0 Å². The van der Waals surface area contributed by atoms with Gasteiger partial charge in [0.05, 0.1) is 12.2 Å². The minimum absolute atomic E-state index is 0.176. The zero-order chi connectivity index (χ0) is 14.2. The molecule has 0 N–H and O–H groups in total. The van der Waals surface area contributed by atoms with Crippen LogP contribution in [-0.2, 0) is 4.79 Å². The summed E-state index contributed by atoms with van der Waals surface area (Å²) in [6.45, 7) is 2.79. The maximum Gasteiger partial charge on any atom is 0.148 e. The van der Waals surface area contributed by atoms with Crippen LogP contribution in [0.2, 0.25) is 0 Å². The highest BCUT2D eigenvalue weighted by Crippen LogP contribution is 2.43. The maximum absolute atomic E-state index is 11.5. The Morgan fingerprint density at radius 1 is 1.10 bits per heavy atom. The highest BCUT2D eigenvalue weighted by molar-refractivity contribution is 5.65. The van der Waals surface area contributed by atoms with E-state index < -0.39 is 0 Å². The Kier molecular flexibility index (Phi) is 3.28. The average Bonchev–Trinajstić information content (AvgIpc) is 2.75. The molecule has 0 bridgehead atoms. The molecule has 20 heavy (non-hydrogen) atoms. The van der Waals surface area contributed by atoms with Crippen LogP contribution >= 0.6 is 0 Å². The zero-order valence-electron chi connectivity index (χ0n) is 12.2. The molecule has 1 aromatic carbocycles. The van der Waals surface area contributed by atoms with Gasteiger partial charge in [0.15, 0.2) is 0 Å². The van der Waals surface area contributed by atoms with Crippen LogP contribution in [0.1, 0.15) is 12.8 Å². The summed E-state index contributed by atoms with van der Waals surface area (Å²) in [6.07, 6.45) is 1.96. The normalized spacial score (nSPS) is 22.4. The van der Waals surface area contributed by atoms with E-state index in [-0.39, 0.29) is 5.54 Å². The molecule has 2 fully saturated rings. The lowest BCUT2D eigenvalue weighted by atomic mass is 9.84. The van der Waals surface area contributed by atoms with E-state index in [1.165, 1.54) is 5.69 Å². The number of rotatable bonds is 1. The van der Waals surface area contributed by atoms with Gasteiger partial charge < -0.3 is 14.7 Å². The Labute approximate surface area is 120 Å². The number of hydrogen-bond acceptors (Lipinski definition) is 4. The van der Waals surface area contributed by atoms with E-state index >= 15 is 0 Å². The topological polar surface area (TPSA) is 26.8 Å². The van der Waals surface area contributed by atoms with Crippen LogP contribution in [0.15, 0.2) is 36.0 Å². The Bertz CT molecular complexity index is 528. The number of likely N-dealkylation sites (N-methyl/N-ethyl adjacent to an activating group) is 1. The van der Waals surface area contributed by atoms with Crippen LogP contribution in [0.4, 0.5) is 5.69 Å². The molecule has 106 valence electrons. The third-order valence-electron chi connectivity index (χ3n) is 4.67. The summed E-state index contributed by atoms with van der Waals surface area (Å²) < 4.78 is 0. The first-order valence-corrected chi connectivity index (χ1v) is 7.15. The van der Waals surface area contributed by atoms with Gasteiger partial charge in [-0.25, -0.2) is 4.79 Å². The number of carbonyl (C=O) groups excluding carboxylic acids is 1. The molecule has 0 radical (unpaired) electrons. The van der Waals surface area contributed by atoms with E-state index in [1.54, 1.807) is 0 Å². The molecule has 2 saturated heterocycles. The van der Waals surface area contributed by atoms with E-state index in [2.05, 4.69) is 47.1 Å². The Hall–Kier alpha value is -1.77. The van der Waals surface area contributed by atoms with E-state index in [0.717, 1.165) is 38.3 Å². The second-order valence-corrected chi connectivity index (χ2v) is 5.89. The molecule has 0 aliphatic carbocycles. The van der Waals surface area contributed by atoms with Crippen molar-refractivity contribution in [3.8, 4) is 0 Å². The van der Waals surface area contributed by atoms with Crippen molar-refractivity contribution in [1.29, 1.82) is 0 Å². The quantitative estimate of drug-likeness (QED) is 0.725. The summed E-state index contributed by atoms with van der Waals surface area (Å²) in [5, 5.41) is 0. The summed E-state index contributed by atoms with van der Waals surface area (Å²) >= 11 is 0. The van der Waals surface area contributed by atoms with Gasteiger partial charge in [0.25, 0.3) is 0 Å². The van der Waals surface area contributed by atoms with Crippen LogP contribution < -0.4 is 4.90 Å². The second kappa shape index (κ2) is 4.97. The van der Waals surface area contributed by atoms with Crippen molar-refractivity contribution in [2.75, 3.05) is 38.8 Å². The molecule has 4 heteroatoms. The lowest BCUT2D eigenvalue weighted by Gasteiger charge is -2.43. The van der Waals surface area contributed by atoms with Crippen molar-refractivity contribution in [2.45, 2.75) is 18.4 Å². The fraction of sp³-hybridized carbons (Fsp3) is 0.500. The monoisotopic (exact) mass is 271 g/mol. The van der Waals surface area contributed by atoms with Gasteiger partial charge in [0.1, 0.15) is 11.6 Å². The van der Waals surface area contributed by atoms with E-state index in [9.17, 15) is 4.79 Å². The van der Waals surface area contributed by atoms with Crippen molar-refractivity contribution in [1.82, 2.24) is 9.80 Å². The lowest BCUT2D eigenvalue weighted by molar-refractivity contribution is 0.212. The second-order valence-electron chi connectivity index (χ2n) is 5.89. The van der Waals surface area contributed by atoms with Gasteiger partial charge in [0.2, 0.25) is 0 Å². The minimum Gasteiger partial charge on any atom is -0.349 e. The van der Waals surface area contributed by atoms with Crippen molar-refractivity contribution in [3.63, 3.8) is 0 Å². The first-order valence-electron chi connectivity index (χ1n) is 7.15. The summed E-state index contributed by atoms with van der Waals surface area (Å²) in [5.41, 5.74) is 1.83. The first kappa shape index (κ1) is 13.2. The van der Waals surface area contributed by atoms with E-state index in [1.807, 2.05) is 18.0 Å². The Balaban J connectivity index is 2.03. The molecule has 0 amide bonds. The van der Waals surface area contributed by atoms with Gasteiger partial charge >= 0.3 is 0 Å².